The molecule has 0 radical (unpaired) electrons. The SMILES string of the molecule is ClCC1(NCc2cn3ccccc3n2)CC1. The Morgan fingerprint density at radius 3 is 3.00 bits per heavy atom. The standard InChI is InChI=1S/C12H14ClN3/c13-9-12(4-5-12)14-7-10-8-16-6-2-1-3-11(16)15-10/h1-3,6,8,14H,4-5,7,9H2. The second-order valence-electron chi connectivity index (χ2n) is 4.47. The Balaban J connectivity index is 1.74. The molecule has 1 aliphatic rings. The molecule has 0 spiro atoms. The van der Waals surface area contributed by atoms with Crippen molar-refractivity contribution < 1.29 is 0 Å². The smallest absolute Gasteiger partial charge is 0.137 e. The first-order valence-corrected chi connectivity index (χ1v) is 6.08. The third-order valence-electron chi connectivity index (χ3n) is 3.17. The van der Waals surface area contributed by atoms with E-state index in [4.69, 9.17) is 11.6 Å². The van der Waals surface area contributed by atoms with E-state index in [9.17, 15) is 0 Å². The minimum Gasteiger partial charge on any atom is -0.307 e. The van der Waals surface area contributed by atoms with Crippen LogP contribution in [0.15, 0.2) is 30.6 Å². The number of nitrogens with one attached hydrogen (secondary N) is 1. The van der Waals surface area contributed by atoms with Crippen molar-refractivity contribution >= 4 is 17.2 Å². The van der Waals surface area contributed by atoms with E-state index < -0.39 is 0 Å². The number of fused-ring (bicyclic) bond motifs is 1. The van der Waals surface area contributed by atoms with Gasteiger partial charge < -0.3 is 9.72 Å². The zero-order valence-electron chi connectivity index (χ0n) is 8.99. The van der Waals surface area contributed by atoms with Crippen LogP contribution < -0.4 is 5.32 Å². The van der Waals surface area contributed by atoms with Gasteiger partial charge in [-0.2, -0.15) is 0 Å². The van der Waals surface area contributed by atoms with Crippen molar-refractivity contribution in [1.29, 1.82) is 0 Å². The predicted molar refractivity (Wildman–Crippen MR) is 64.7 cm³/mol. The predicted octanol–water partition coefficient (Wildman–Crippen LogP) is 2.20. The lowest BCUT2D eigenvalue weighted by atomic mass is 10.3. The van der Waals surface area contributed by atoms with Gasteiger partial charge in [0, 0.05) is 30.4 Å². The van der Waals surface area contributed by atoms with Crippen molar-refractivity contribution in [3.05, 3.63) is 36.3 Å². The average molecular weight is 236 g/mol. The fraction of sp³-hybridized carbons (Fsp3) is 0.417. The van der Waals surface area contributed by atoms with Crippen LogP contribution in [0.5, 0.6) is 0 Å². The van der Waals surface area contributed by atoms with Crippen LogP contribution in [0.3, 0.4) is 0 Å². The first-order chi connectivity index (χ1) is 7.81. The monoisotopic (exact) mass is 235 g/mol. The molecule has 4 heteroatoms. The van der Waals surface area contributed by atoms with E-state index in [1.165, 1.54) is 12.8 Å². The molecule has 3 nitrogen and oxygen atoms in total. The lowest BCUT2D eigenvalue weighted by Crippen LogP contribution is -2.32. The number of hydrogen-bond acceptors (Lipinski definition) is 2. The van der Waals surface area contributed by atoms with Crippen LogP contribution in [0.1, 0.15) is 18.5 Å². The molecular weight excluding hydrogens is 222 g/mol. The van der Waals surface area contributed by atoms with Gasteiger partial charge in [0.1, 0.15) is 5.65 Å². The Hall–Kier alpha value is -1.06. The van der Waals surface area contributed by atoms with E-state index in [-0.39, 0.29) is 5.54 Å². The fourth-order valence-electron chi connectivity index (χ4n) is 1.86. The Morgan fingerprint density at radius 1 is 1.44 bits per heavy atom. The number of pyridine rings is 1. The second kappa shape index (κ2) is 3.75. The van der Waals surface area contributed by atoms with E-state index >= 15 is 0 Å². The zero-order valence-corrected chi connectivity index (χ0v) is 9.74. The van der Waals surface area contributed by atoms with Gasteiger partial charge in [0.15, 0.2) is 0 Å². The van der Waals surface area contributed by atoms with Gasteiger partial charge in [0.2, 0.25) is 0 Å². The number of imidazole rings is 1. The molecule has 0 aliphatic heterocycles. The van der Waals surface area contributed by atoms with E-state index in [1.807, 2.05) is 28.8 Å². The maximum atomic E-state index is 5.91. The lowest BCUT2D eigenvalue weighted by molar-refractivity contribution is 0.538. The highest BCUT2D eigenvalue weighted by Gasteiger charge is 2.41. The number of alkyl halides is 1. The molecule has 16 heavy (non-hydrogen) atoms. The third kappa shape index (κ3) is 1.81. The molecule has 1 saturated carbocycles. The van der Waals surface area contributed by atoms with Gasteiger partial charge in [0.25, 0.3) is 0 Å². The summed E-state index contributed by atoms with van der Waals surface area (Å²) in [5.41, 5.74) is 2.26. The van der Waals surface area contributed by atoms with Crippen LogP contribution in [0, 0.1) is 0 Å². The van der Waals surface area contributed by atoms with Gasteiger partial charge >= 0.3 is 0 Å². The summed E-state index contributed by atoms with van der Waals surface area (Å²) in [5.74, 6) is 0.695. The second-order valence-corrected chi connectivity index (χ2v) is 4.73. The van der Waals surface area contributed by atoms with Crippen molar-refractivity contribution in [2.24, 2.45) is 0 Å². The molecule has 3 rings (SSSR count). The summed E-state index contributed by atoms with van der Waals surface area (Å²) in [6, 6.07) is 6.02. The van der Waals surface area contributed by atoms with Crippen LogP contribution in [-0.4, -0.2) is 20.8 Å². The molecule has 84 valence electrons. The number of aromatic nitrogens is 2. The molecule has 1 N–H and O–H groups in total. The maximum Gasteiger partial charge on any atom is 0.137 e. The van der Waals surface area contributed by atoms with Crippen molar-refractivity contribution in [3.63, 3.8) is 0 Å². The van der Waals surface area contributed by atoms with Gasteiger partial charge in [-0.3, -0.25) is 0 Å². The van der Waals surface area contributed by atoms with E-state index in [0.717, 1.165) is 17.9 Å². The molecule has 0 unspecified atom stereocenters. The molecule has 2 heterocycles. The van der Waals surface area contributed by atoms with Crippen LogP contribution in [0.25, 0.3) is 5.65 Å². The third-order valence-corrected chi connectivity index (χ3v) is 3.68. The van der Waals surface area contributed by atoms with Crippen molar-refractivity contribution in [1.82, 2.24) is 14.7 Å². The van der Waals surface area contributed by atoms with Gasteiger partial charge in [-0.05, 0) is 25.0 Å². The van der Waals surface area contributed by atoms with E-state index in [1.54, 1.807) is 0 Å². The van der Waals surface area contributed by atoms with Crippen LogP contribution in [0.2, 0.25) is 0 Å². The molecular formula is C12H14ClN3. The van der Waals surface area contributed by atoms with Gasteiger partial charge in [-0.25, -0.2) is 4.98 Å². The van der Waals surface area contributed by atoms with Crippen molar-refractivity contribution in [2.45, 2.75) is 24.9 Å². The number of rotatable bonds is 4. The highest BCUT2D eigenvalue weighted by Crippen LogP contribution is 2.36. The highest BCUT2D eigenvalue weighted by atomic mass is 35.5. The summed E-state index contributed by atoms with van der Waals surface area (Å²) in [6.07, 6.45) is 6.45. The summed E-state index contributed by atoms with van der Waals surface area (Å²) in [4.78, 5) is 4.54. The summed E-state index contributed by atoms with van der Waals surface area (Å²) < 4.78 is 2.04. The lowest BCUT2D eigenvalue weighted by Gasteiger charge is -2.11. The largest absolute Gasteiger partial charge is 0.307 e. The number of nitrogens with zero attached hydrogens (tertiary/aromatic N) is 2. The zero-order chi connectivity index (χ0) is 11.0. The first-order valence-electron chi connectivity index (χ1n) is 5.55. The molecule has 2 aromatic heterocycles. The number of hydrogen-bond donors (Lipinski definition) is 1. The van der Waals surface area contributed by atoms with E-state index in [0.29, 0.717) is 5.88 Å². The van der Waals surface area contributed by atoms with Crippen LogP contribution in [0.4, 0.5) is 0 Å². The Bertz CT molecular complexity index is 469. The van der Waals surface area contributed by atoms with E-state index in [2.05, 4.69) is 16.5 Å². The highest BCUT2D eigenvalue weighted by molar-refractivity contribution is 6.18. The van der Waals surface area contributed by atoms with Crippen LogP contribution in [-0.2, 0) is 6.54 Å². The number of halogens is 1. The average Bonchev–Trinajstić information content (AvgIpc) is 2.98. The minimum absolute atomic E-state index is 0.192. The molecule has 0 aromatic carbocycles. The molecule has 0 amide bonds. The molecule has 1 aliphatic carbocycles. The molecule has 1 fully saturated rings. The fourth-order valence-corrected chi connectivity index (χ4v) is 2.22. The van der Waals surface area contributed by atoms with Crippen LogP contribution >= 0.6 is 11.6 Å². The first kappa shape index (κ1) is 10.1. The topological polar surface area (TPSA) is 29.3 Å². The van der Waals surface area contributed by atoms with Crippen molar-refractivity contribution in [3.8, 4) is 0 Å². The maximum absolute atomic E-state index is 5.91. The molecule has 2 aromatic rings. The summed E-state index contributed by atoms with van der Waals surface area (Å²) in [6.45, 7) is 0.800. The normalized spacial score (nSPS) is 17.8. The van der Waals surface area contributed by atoms with Gasteiger partial charge in [0.05, 0.1) is 5.69 Å². The summed E-state index contributed by atoms with van der Waals surface area (Å²) >= 11 is 5.91. The summed E-state index contributed by atoms with van der Waals surface area (Å²) in [7, 11) is 0. The Morgan fingerprint density at radius 2 is 2.31 bits per heavy atom. The molecule has 0 saturated heterocycles. The Kier molecular flexibility index (Phi) is 2.37. The summed E-state index contributed by atoms with van der Waals surface area (Å²) in [5, 5.41) is 3.49. The Labute approximate surface area is 99.4 Å². The molecule has 0 atom stereocenters. The van der Waals surface area contributed by atoms with Gasteiger partial charge in [-0.1, -0.05) is 6.07 Å². The van der Waals surface area contributed by atoms with Crippen molar-refractivity contribution in [2.75, 3.05) is 5.88 Å². The minimum atomic E-state index is 0.192. The quantitative estimate of drug-likeness (QED) is 0.824. The van der Waals surface area contributed by atoms with Gasteiger partial charge in [-0.15, -0.1) is 11.6 Å². The molecule has 0 bridgehead atoms.